The predicted molar refractivity (Wildman–Crippen MR) is 423 cm³/mol. The predicted octanol–water partition coefficient (Wildman–Crippen LogP) is 24.8. The molecule has 0 aliphatic carbocycles. The number of amides is 4. The molecule has 4 amide bonds. The summed E-state index contributed by atoms with van der Waals surface area (Å²) in [6.07, 6.45) is 5.30. The summed E-state index contributed by atoms with van der Waals surface area (Å²) < 4.78 is 0. The normalized spacial score (nSPS) is 17.9. The van der Waals surface area contributed by atoms with Crippen LogP contribution in [0.3, 0.4) is 0 Å². The first kappa shape index (κ1) is 93.6. The second kappa shape index (κ2) is 41.0. The molecule has 0 spiro atoms. The maximum atomic E-state index is 13.7. The van der Waals surface area contributed by atoms with E-state index in [0.29, 0.717) is 5.91 Å². The van der Waals surface area contributed by atoms with E-state index in [9.17, 15) is 19.2 Å². The van der Waals surface area contributed by atoms with E-state index in [2.05, 4.69) is 226 Å². The van der Waals surface area contributed by atoms with Crippen molar-refractivity contribution in [2.24, 2.45) is 38.5 Å². The first-order chi connectivity index (χ1) is 43.9. The Morgan fingerprint density at radius 2 is 0.705 bits per heavy atom. The highest BCUT2D eigenvalue weighted by atomic mass is 16.2. The zero-order valence-electron chi connectivity index (χ0n) is 69.2. The molecular weight excluding hydrogens is 1170 g/mol. The van der Waals surface area contributed by atoms with Crippen molar-refractivity contribution >= 4 is 46.4 Å². The maximum absolute atomic E-state index is 13.7. The number of likely N-dealkylation sites (tertiary alicyclic amines) is 1. The molecule has 9 nitrogen and oxygen atoms in total. The molecule has 4 atom stereocenters. The molecule has 4 aliphatic heterocycles. The summed E-state index contributed by atoms with van der Waals surface area (Å²) in [4.78, 5) is 65.3. The molecule has 8 rings (SSSR count). The van der Waals surface area contributed by atoms with Gasteiger partial charge in [-0.2, -0.15) is 0 Å². The van der Waals surface area contributed by atoms with Gasteiger partial charge in [-0.05, 0) is 172 Å². The fraction of sp³-hybridized carbons (Fsp3) is 0.663. The van der Waals surface area contributed by atoms with Crippen molar-refractivity contribution in [3.63, 3.8) is 0 Å². The summed E-state index contributed by atoms with van der Waals surface area (Å²) in [5.74, 6) is 1.00. The molecule has 95 heavy (non-hydrogen) atoms. The summed E-state index contributed by atoms with van der Waals surface area (Å²) >= 11 is 0. The van der Waals surface area contributed by atoms with E-state index in [1.807, 2.05) is 161 Å². The van der Waals surface area contributed by atoms with E-state index in [1.165, 1.54) is 17.5 Å². The van der Waals surface area contributed by atoms with Crippen molar-refractivity contribution in [3.8, 4) is 11.1 Å². The number of benzodiazepines with no additional fused rings is 1. The van der Waals surface area contributed by atoms with Crippen LogP contribution in [0.15, 0.2) is 102 Å². The number of fused-ring (bicyclic) bond motifs is 5. The van der Waals surface area contributed by atoms with Gasteiger partial charge in [-0.15, -0.1) is 0 Å². The molecule has 1 fully saturated rings. The molecule has 0 bridgehead atoms. The van der Waals surface area contributed by atoms with Gasteiger partial charge in [0, 0.05) is 63.1 Å². The van der Waals surface area contributed by atoms with E-state index in [0.717, 1.165) is 71.7 Å². The molecule has 4 unspecified atom stereocenters. The fourth-order valence-corrected chi connectivity index (χ4v) is 12.2. The van der Waals surface area contributed by atoms with Crippen LogP contribution in [0.25, 0.3) is 11.1 Å². The molecule has 0 N–H and O–H groups in total. The second-order valence-electron chi connectivity index (χ2n) is 31.6. The monoisotopic (exact) mass is 1320 g/mol. The summed E-state index contributed by atoms with van der Waals surface area (Å²) in [5, 5.41) is 0. The quantitative estimate of drug-likeness (QED) is 0.175. The molecule has 0 saturated carbocycles. The molecule has 4 aromatic rings. The van der Waals surface area contributed by atoms with Crippen LogP contribution in [0.5, 0.6) is 0 Å². The number of anilines is 3. The van der Waals surface area contributed by atoms with Crippen molar-refractivity contribution in [1.82, 2.24) is 4.90 Å². The fourth-order valence-electron chi connectivity index (χ4n) is 12.2. The third-order valence-corrected chi connectivity index (χ3v) is 16.2. The van der Waals surface area contributed by atoms with Gasteiger partial charge in [-0.25, -0.2) is 0 Å². The van der Waals surface area contributed by atoms with Gasteiger partial charge >= 0.3 is 0 Å². The molecule has 4 heterocycles. The number of rotatable bonds is 0. The number of hydrogen-bond acceptors (Lipinski definition) is 5. The van der Waals surface area contributed by atoms with Crippen molar-refractivity contribution < 1.29 is 19.2 Å². The Hall–Kier alpha value is -5.57. The summed E-state index contributed by atoms with van der Waals surface area (Å²) in [6, 6.07) is 32.7. The lowest BCUT2D eigenvalue weighted by Gasteiger charge is -2.40. The molecule has 542 valence electrons. The minimum atomic E-state index is -0.357. The summed E-state index contributed by atoms with van der Waals surface area (Å²) in [7, 11) is 0. The van der Waals surface area contributed by atoms with Gasteiger partial charge in [0.25, 0.3) is 5.91 Å². The Morgan fingerprint density at radius 3 is 1.12 bits per heavy atom. The van der Waals surface area contributed by atoms with E-state index in [4.69, 9.17) is 4.99 Å². The van der Waals surface area contributed by atoms with Crippen LogP contribution in [-0.4, -0.2) is 69.0 Å². The zero-order valence-corrected chi connectivity index (χ0v) is 69.2. The number of aryl methyl sites for hydroxylation is 1. The van der Waals surface area contributed by atoms with Gasteiger partial charge in [0.05, 0.1) is 17.3 Å². The zero-order chi connectivity index (χ0) is 75.4. The van der Waals surface area contributed by atoms with Crippen LogP contribution in [0, 0.1) is 33.5 Å². The van der Waals surface area contributed by atoms with Gasteiger partial charge in [0.2, 0.25) is 17.7 Å². The molecule has 0 radical (unpaired) electrons. The van der Waals surface area contributed by atoms with E-state index >= 15 is 0 Å². The van der Waals surface area contributed by atoms with Crippen LogP contribution in [-0.2, 0) is 25.6 Å². The minimum absolute atomic E-state index is 0.00261. The smallest absolute Gasteiger partial charge is 0.252 e. The molecule has 1 saturated heterocycles. The lowest BCUT2D eigenvalue weighted by molar-refractivity contribution is -0.143. The number of aliphatic imine (C=N–C) groups is 1. The lowest BCUT2D eigenvalue weighted by atomic mass is 9.74. The van der Waals surface area contributed by atoms with Gasteiger partial charge in [0.1, 0.15) is 6.04 Å². The number of hydrogen-bond donors (Lipinski definition) is 0. The number of carbonyl (C=O) groups is 4. The topological polar surface area (TPSA) is 93.6 Å². The number of para-hydroxylation sites is 3. The van der Waals surface area contributed by atoms with E-state index < -0.39 is 0 Å². The van der Waals surface area contributed by atoms with Crippen molar-refractivity contribution in [2.75, 3.05) is 21.2 Å². The van der Waals surface area contributed by atoms with Gasteiger partial charge in [-0.1, -0.05) is 265 Å². The van der Waals surface area contributed by atoms with Crippen LogP contribution < -0.4 is 14.7 Å². The van der Waals surface area contributed by atoms with E-state index in [1.54, 1.807) is 0 Å². The highest BCUT2D eigenvalue weighted by molar-refractivity contribution is 6.12. The van der Waals surface area contributed by atoms with Gasteiger partial charge < -0.3 is 19.6 Å². The SMILES string of the molecule is CC.CC.CC.CC.CC.CC.CC.CC(C)(C)C1C(=O)N(C(C)(C)C)c2ccccc2-c2ccccc21.CC(C)(C)C1CCCCN(C(C)(C)C)C1=O.CC(C)(C)C1CCc2ccccc2N(C(C)(C)C)C1=O.CC1=NC(C(C)(C)C)C(=O)N(C(C)(C)C)c2ccccc21. The Labute approximate surface area is 588 Å². The second-order valence-corrected chi connectivity index (χ2v) is 31.6. The Bertz CT molecular complexity index is 2800. The average Bonchev–Trinajstić information content (AvgIpc) is 1.63. The summed E-state index contributed by atoms with van der Waals surface area (Å²) in [5.41, 5.74) is 8.73. The van der Waals surface area contributed by atoms with Crippen molar-refractivity contribution in [3.05, 3.63) is 114 Å². The van der Waals surface area contributed by atoms with Crippen LogP contribution in [0.1, 0.15) is 318 Å². The number of carbonyl (C=O) groups excluding carboxylic acids is 4. The lowest BCUT2D eigenvalue weighted by Crippen LogP contribution is -2.52. The Balaban J connectivity index is -0.00000112. The maximum Gasteiger partial charge on any atom is 0.252 e. The first-order valence-corrected chi connectivity index (χ1v) is 37.2. The number of nitrogens with zero attached hydrogens (tertiary/aromatic N) is 5. The molecule has 9 heteroatoms. The van der Waals surface area contributed by atoms with Gasteiger partial charge in [0.15, 0.2) is 0 Å². The van der Waals surface area contributed by atoms with Crippen LogP contribution in [0.2, 0.25) is 0 Å². The first-order valence-electron chi connectivity index (χ1n) is 37.2. The standard InChI is InChI=1S/C22H27NO.C18H26N2O.C18H27NO.C14H27NO.7C2H6/c1-21(2,3)19-17-13-8-7-11-15(17)16-12-9-10-14-18(16)23(20(19)24)22(4,5)6;1-12-13-10-8-9-11-14(13)20(18(5,6)7)16(21)15(19-12)17(2,3)4;1-17(2,3)14-12-11-13-9-7-8-10-15(13)19(16(14)20)18(4,5)6;1-13(2,3)11-9-7-8-10-15(12(11)16)14(4,5)6;7*1-2/h7-14,19H,1-6H3;8-11,15H,1-7H3;7-10,14H,11-12H2,1-6H3;11H,7-10H2,1-6H3;7*1-2H3. The highest BCUT2D eigenvalue weighted by Gasteiger charge is 2.46. The van der Waals surface area contributed by atoms with Crippen LogP contribution in [0.4, 0.5) is 17.1 Å². The summed E-state index contributed by atoms with van der Waals surface area (Å²) in [6.45, 7) is 82.0. The molecule has 4 aliphatic rings. The molecule has 0 aromatic heterocycles. The number of benzene rings is 4. The van der Waals surface area contributed by atoms with Crippen molar-refractivity contribution in [2.45, 2.75) is 336 Å². The van der Waals surface area contributed by atoms with Crippen LogP contribution >= 0.6 is 0 Å². The third-order valence-electron chi connectivity index (χ3n) is 16.2. The van der Waals surface area contributed by atoms with E-state index in [-0.39, 0.29) is 85.3 Å². The molecular formula is C86H149N5O4. The highest BCUT2D eigenvalue weighted by Crippen LogP contribution is 2.49. The molecule has 4 aromatic carbocycles. The largest absolute Gasteiger partial charge is 0.338 e. The van der Waals surface area contributed by atoms with Gasteiger partial charge in [-0.3, -0.25) is 24.2 Å². The average molecular weight is 1320 g/mol. The Kier molecular flexibility index (Phi) is 40.4. The van der Waals surface area contributed by atoms with Crippen molar-refractivity contribution in [1.29, 1.82) is 0 Å². The third kappa shape index (κ3) is 26.3. The minimum Gasteiger partial charge on any atom is -0.338 e. The Morgan fingerprint density at radius 1 is 0.347 bits per heavy atom.